The van der Waals surface area contributed by atoms with Crippen molar-refractivity contribution in [2.75, 3.05) is 46.3 Å². The summed E-state index contributed by atoms with van der Waals surface area (Å²) < 4.78 is 5.59. The van der Waals surface area contributed by atoms with Crippen LogP contribution in [0.3, 0.4) is 0 Å². The second-order valence-corrected chi connectivity index (χ2v) is 8.70. The maximum absolute atomic E-state index is 12.7. The van der Waals surface area contributed by atoms with Crippen LogP contribution in [0, 0.1) is 0 Å². The van der Waals surface area contributed by atoms with E-state index in [1.807, 2.05) is 29.3 Å². The van der Waals surface area contributed by atoms with E-state index in [4.69, 9.17) is 4.42 Å². The van der Waals surface area contributed by atoms with Crippen LogP contribution in [0.15, 0.2) is 33.2 Å². The number of oxazole rings is 1. The molecule has 1 amide bonds. The molecule has 1 unspecified atom stereocenters. The Labute approximate surface area is 204 Å². The number of hydrogen-bond acceptors (Lipinski definition) is 6. The van der Waals surface area contributed by atoms with Gasteiger partial charge in [-0.15, -0.1) is 35.3 Å². The van der Waals surface area contributed by atoms with E-state index in [-0.39, 0.29) is 35.9 Å². The number of hydrogen-bond donors (Lipinski definition) is 1. The van der Waals surface area contributed by atoms with Crippen molar-refractivity contribution in [1.82, 2.24) is 25.0 Å². The van der Waals surface area contributed by atoms with Crippen LogP contribution in [0.25, 0.3) is 10.8 Å². The molecule has 0 aromatic carbocycles. The Balaban J connectivity index is 0.00000272. The van der Waals surface area contributed by atoms with Crippen molar-refractivity contribution in [1.29, 1.82) is 0 Å². The number of carbonyl (C=O) groups is 1. The fourth-order valence-electron chi connectivity index (χ4n) is 4.08. The van der Waals surface area contributed by atoms with Gasteiger partial charge in [-0.1, -0.05) is 6.07 Å². The maximum Gasteiger partial charge on any atom is 0.239 e. The largest absolute Gasteiger partial charge is 0.443 e. The van der Waals surface area contributed by atoms with Crippen LogP contribution in [0.1, 0.15) is 25.5 Å². The fourth-order valence-corrected chi connectivity index (χ4v) is 4.74. The van der Waals surface area contributed by atoms with Crippen LogP contribution in [0.2, 0.25) is 0 Å². The molecule has 170 valence electrons. The molecule has 10 heteroatoms. The lowest BCUT2D eigenvalue weighted by atomic mass is 10.2. The molecule has 0 spiro atoms. The van der Waals surface area contributed by atoms with E-state index >= 15 is 0 Å². The third kappa shape index (κ3) is 5.78. The third-order valence-electron chi connectivity index (χ3n) is 5.86. The standard InChI is InChI=1S/C21H30N6O2S.HI/c1-16(20(28)26-7-3-4-8-26)25-9-11-27(12-10-25)21(22-2)23-14-17-15-29-19(24-17)18-6-5-13-30-18;/h5-6,13,15-16H,3-4,7-12,14H2,1-2H3,(H,22,23);1H. The number of guanidine groups is 1. The monoisotopic (exact) mass is 558 g/mol. The lowest BCUT2D eigenvalue weighted by Gasteiger charge is -2.39. The van der Waals surface area contributed by atoms with E-state index in [1.165, 1.54) is 0 Å². The quantitative estimate of drug-likeness (QED) is 0.346. The van der Waals surface area contributed by atoms with Gasteiger partial charge in [-0.05, 0) is 31.2 Å². The molecule has 1 N–H and O–H groups in total. The summed E-state index contributed by atoms with van der Waals surface area (Å²) in [5, 5.41) is 5.40. The zero-order valence-electron chi connectivity index (χ0n) is 18.1. The first kappa shape index (κ1) is 24.0. The minimum atomic E-state index is -0.0500. The number of aliphatic imine (C=N–C) groups is 1. The third-order valence-corrected chi connectivity index (χ3v) is 6.72. The molecule has 4 heterocycles. The first-order valence-electron chi connectivity index (χ1n) is 10.6. The molecule has 1 atom stereocenters. The molecule has 2 aromatic rings. The number of rotatable bonds is 5. The predicted molar refractivity (Wildman–Crippen MR) is 134 cm³/mol. The second kappa shape index (κ2) is 11.3. The van der Waals surface area contributed by atoms with Crippen molar-refractivity contribution in [2.45, 2.75) is 32.4 Å². The number of carbonyl (C=O) groups excluding carboxylic acids is 1. The fraction of sp³-hybridized carbons (Fsp3) is 0.571. The van der Waals surface area contributed by atoms with Crippen molar-refractivity contribution in [3.63, 3.8) is 0 Å². The molecule has 4 rings (SSSR count). The van der Waals surface area contributed by atoms with Crippen molar-refractivity contribution in [2.24, 2.45) is 4.99 Å². The molecule has 0 bridgehead atoms. The van der Waals surface area contributed by atoms with Crippen LogP contribution < -0.4 is 5.32 Å². The lowest BCUT2D eigenvalue weighted by Crippen LogP contribution is -2.57. The Bertz CT molecular complexity index is 857. The molecule has 2 aliphatic rings. The van der Waals surface area contributed by atoms with Gasteiger partial charge < -0.3 is 19.5 Å². The van der Waals surface area contributed by atoms with Gasteiger partial charge in [0.15, 0.2) is 5.96 Å². The van der Waals surface area contributed by atoms with Gasteiger partial charge in [-0.2, -0.15) is 0 Å². The maximum atomic E-state index is 12.7. The van der Waals surface area contributed by atoms with Crippen LogP contribution in [-0.2, 0) is 11.3 Å². The van der Waals surface area contributed by atoms with Gasteiger partial charge >= 0.3 is 0 Å². The molecular formula is C21H31IN6O2S. The first-order chi connectivity index (χ1) is 14.7. The van der Waals surface area contributed by atoms with Crippen molar-refractivity contribution < 1.29 is 9.21 Å². The van der Waals surface area contributed by atoms with Gasteiger partial charge in [-0.3, -0.25) is 14.7 Å². The highest BCUT2D eigenvalue weighted by Crippen LogP contribution is 2.23. The first-order valence-corrected chi connectivity index (χ1v) is 11.5. The molecule has 0 saturated carbocycles. The van der Waals surface area contributed by atoms with Gasteiger partial charge in [0.25, 0.3) is 0 Å². The summed E-state index contributed by atoms with van der Waals surface area (Å²) in [4.78, 5) is 29.2. The second-order valence-electron chi connectivity index (χ2n) is 7.75. The summed E-state index contributed by atoms with van der Waals surface area (Å²) in [6, 6.07) is 3.94. The highest BCUT2D eigenvalue weighted by molar-refractivity contribution is 14.0. The topological polar surface area (TPSA) is 77.2 Å². The zero-order valence-corrected chi connectivity index (χ0v) is 21.3. The van der Waals surface area contributed by atoms with Gasteiger partial charge in [0.2, 0.25) is 11.8 Å². The molecule has 0 radical (unpaired) electrons. The molecule has 31 heavy (non-hydrogen) atoms. The molecule has 2 fully saturated rings. The minimum Gasteiger partial charge on any atom is -0.443 e. The summed E-state index contributed by atoms with van der Waals surface area (Å²) in [6.45, 7) is 7.83. The van der Waals surface area contributed by atoms with E-state index in [0.29, 0.717) is 12.4 Å². The predicted octanol–water partition coefficient (Wildman–Crippen LogP) is 2.73. The number of likely N-dealkylation sites (tertiary alicyclic amines) is 1. The van der Waals surface area contributed by atoms with Gasteiger partial charge in [-0.25, -0.2) is 4.98 Å². The Morgan fingerprint density at radius 1 is 1.23 bits per heavy atom. The van der Waals surface area contributed by atoms with Crippen LogP contribution >= 0.6 is 35.3 Å². The minimum absolute atomic E-state index is 0. The number of thiophene rings is 1. The zero-order chi connectivity index (χ0) is 20.9. The molecular weight excluding hydrogens is 527 g/mol. The average molecular weight is 558 g/mol. The molecule has 8 nitrogen and oxygen atoms in total. The summed E-state index contributed by atoms with van der Waals surface area (Å²) >= 11 is 1.61. The van der Waals surface area contributed by atoms with E-state index in [1.54, 1.807) is 24.6 Å². The smallest absolute Gasteiger partial charge is 0.239 e. The number of amides is 1. The summed E-state index contributed by atoms with van der Waals surface area (Å²) in [6.07, 6.45) is 3.96. The molecule has 2 saturated heterocycles. The number of aromatic nitrogens is 1. The number of halogens is 1. The van der Waals surface area contributed by atoms with E-state index in [0.717, 1.165) is 68.6 Å². The van der Waals surface area contributed by atoms with Gasteiger partial charge in [0.1, 0.15) is 6.26 Å². The van der Waals surface area contributed by atoms with Gasteiger partial charge in [0.05, 0.1) is 23.2 Å². The highest BCUT2D eigenvalue weighted by Gasteiger charge is 2.30. The summed E-state index contributed by atoms with van der Waals surface area (Å²) in [5.74, 6) is 1.78. The lowest BCUT2D eigenvalue weighted by molar-refractivity contribution is -0.135. The van der Waals surface area contributed by atoms with E-state index in [2.05, 4.69) is 25.1 Å². The van der Waals surface area contributed by atoms with Crippen molar-refractivity contribution >= 4 is 47.2 Å². The van der Waals surface area contributed by atoms with Crippen molar-refractivity contribution in [3.05, 3.63) is 29.5 Å². The number of nitrogens with zero attached hydrogens (tertiary/aromatic N) is 5. The Kier molecular flexibility index (Phi) is 8.73. The number of nitrogens with one attached hydrogen (secondary N) is 1. The SMILES string of the molecule is CN=C(NCc1coc(-c2cccs2)n1)N1CCN(C(C)C(=O)N2CCCC2)CC1.I. The normalized spacial score (nSPS) is 18.7. The van der Waals surface area contributed by atoms with Crippen LogP contribution in [-0.4, -0.2) is 83.9 Å². The highest BCUT2D eigenvalue weighted by atomic mass is 127. The van der Waals surface area contributed by atoms with Crippen LogP contribution in [0.5, 0.6) is 0 Å². The van der Waals surface area contributed by atoms with E-state index < -0.39 is 0 Å². The summed E-state index contributed by atoms with van der Waals surface area (Å²) in [7, 11) is 1.80. The number of piperazine rings is 1. The molecule has 0 aliphatic carbocycles. The Hall–Kier alpha value is -1.66. The summed E-state index contributed by atoms with van der Waals surface area (Å²) in [5.41, 5.74) is 0.850. The molecule has 2 aromatic heterocycles. The average Bonchev–Trinajstić information content (AvgIpc) is 3.56. The Morgan fingerprint density at radius 3 is 2.61 bits per heavy atom. The Morgan fingerprint density at radius 2 is 1.97 bits per heavy atom. The van der Waals surface area contributed by atoms with Crippen LogP contribution in [0.4, 0.5) is 0 Å². The van der Waals surface area contributed by atoms with Gasteiger partial charge in [0, 0.05) is 46.3 Å². The van der Waals surface area contributed by atoms with E-state index in [9.17, 15) is 4.79 Å². The molecule has 2 aliphatic heterocycles. The van der Waals surface area contributed by atoms with Crippen molar-refractivity contribution in [3.8, 4) is 10.8 Å².